The van der Waals surface area contributed by atoms with Crippen LogP contribution in [-0.4, -0.2) is 18.5 Å². The van der Waals surface area contributed by atoms with Crippen LogP contribution in [0.3, 0.4) is 0 Å². The van der Waals surface area contributed by atoms with Gasteiger partial charge in [0.2, 0.25) is 5.91 Å². The van der Waals surface area contributed by atoms with Gasteiger partial charge in [0.15, 0.2) is 0 Å². The first-order valence-electron chi connectivity index (χ1n) is 4.88. The summed E-state index contributed by atoms with van der Waals surface area (Å²) >= 11 is 0. The number of nitrogens with one attached hydrogen (secondary N) is 1. The number of ether oxygens (including phenoxy) is 1. The molecule has 0 atom stereocenters. The molecule has 4 nitrogen and oxygen atoms in total. The van der Waals surface area contributed by atoms with Crippen LogP contribution in [0.15, 0.2) is 11.3 Å². The number of carbonyl (C=O) groups excluding carboxylic acids is 2. The van der Waals surface area contributed by atoms with Crippen molar-refractivity contribution < 1.29 is 14.3 Å². The Morgan fingerprint density at radius 1 is 1.43 bits per heavy atom. The molecule has 0 fully saturated rings. The molecule has 78 valence electrons. The Hall–Kier alpha value is -1.32. The van der Waals surface area contributed by atoms with Crippen LogP contribution in [0.1, 0.15) is 33.1 Å². The van der Waals surface area contributed by atoms with E-state index in [0.29, 0.717) is 37.1 Å². The molecular weight excluding hydrogens is 182 g/mol. The number of allylic oxidation sites excluding steroid dienone is 1. The van der Waals surface area contributed by atoms with Crippen LogP contribution >= 0.6 is 0 Å². The monoisotopic (exact) mass is 197 g/mol. The van der Waals surface area contributed by atoms with Gasteiger partial charge in [-0.15, -0.1) is 0 Å². The third kappa shape index (κ3) is 2.34. The van der Waals surface area contributed by atoms with Crippen molar-refractivity contribution in [3.05, 3.63) is 11.3 Å². The first-order valence-corrected chi connectivity index (χ1v) is 4.88. The van der Waals surface area contributed by atoms with Crippen molar-refractivity contribution in [3.8, 4) is 0 Å². The molecule has 0 aromatic rings. The van der Waals surface area contributed by atoms with Gasteiger partial charge >= 0.3 is 5.97 Å². The van der Waals surface area contributed by atoms with Crippen LogP contribution in [0.25, 0.3) is 0 Å². The maximum absolute atomic E-state index is 11.4. The largest absolute Gasteiger partial charge is 0.463 e. The summed E-state index contributed by atoms with van der Waals surface area (Å²) in [5.41, 5.74) is 1.33. The lowest BCUT2D eigenvalue weighted by atomic mass is 10.0. The molecular formula is C10H15NO3. The van der Waals surface area contributed by atoms with Crippen molar-refractivity contribution in [1.29, 1.82) is 0 Å². The smallest absolute Gasteiger partial charge is 0.335 e. The molecule has 4 heteroatoms. The fourth-order valence-corrected chi connectivity index (χ4v) is 1.44. The van der Waals surface area contributed by atoms with Crippen molar-refractivity contribution >= 4 is 11.9 Å². The fourth-order valence-electron chi connectivity index (χ4n) is 1.44. The molecule has 0 saturated carbocycles. The zero-order valence-corrected chi connectivity index (χ0v) is 8.55. The average Bonchev–Trinajstić information content (AvgIpc) is 2.17. The molecule has 0 radical (unpaired) electrons. The lowest BCUT2D eigenvalue weighted by Gasteiger charge is -2.18. The minimum Gasteiger partial charge on any atom is -0.463 e. The molecule has 0 aromatic heterocycles. The Balaban J connectivity index is 2.81. The summed E-state index contributed by atoms with van der Waals surface area (Å²) in [5.74, 6) is -0.320. The Morgan fingerprint density at radius 2 is 2.14 bits per heavy atom. The van der Waals surface area contributed by atoms with Crippen LogP contribution in [0, 0.1) is 0 Å². The molecule has 0 aliphatic carbocycles. The lowest BCUT2D eigenvalue weighted by Crippen LogP contribution is -2.30. The van der Waals surface area contributed by atoms with E-state index in [1.807, 2.05) is 6.92 Å². The van der Waals surface area contributed by atoms with Crippen LogP contribution in [0.4, 0.5) is 0 Å². The third-order valence-electron chi connectivity index (χ3n) is 2.13. The molecule has 1 aliphatic rings. The molecule has 1 N–H and O–H groups in total. The third-order valence-corrected chi connectivity index (χ3v) is 2.13. The van der Waals surface area contributed by atoms with E-state index in [-0.39, 0.29) is 11.9 Å². The summed E-state index contributed by atoms with van der Waals surface area (Å²) in [5, 5.41) is 2.70. The number of hydrogen-bond acceptors (Lipinski definition) is 3. The molecule has 14 heavy (non-hydrogen) atoms. The Morgan fingerprint density at radius 3 is 2.71 bits per heavy atom. The number of esters is 1. The zero-order valence-electron chi connectivity index (χ0n) is 8.55. The first-order chi connectivity index (χ1) is 6.69. The van der Waals surface area contributed by atoms with E-state index >= 15 is 0 Å². The van der Waals surface area contributed by atoms with E-state index in [9.17, 15) is 9.59 Å². The minimum absolute atomic E-state index is 0.0186. The number of hydrogen-bond donors (Lipinski definition) is 1. The lowest BCUT2D eigenvalue weighted by molar-refractivity contribution is -0.139. The van der Waals surface area contributed by atoms with E-state index in [1.54, 1.807) is 6.92 Å². The Bertz CT molecular complexity index is 281. The maximum Gasteiger partial charge on any atom is 0.335 e. The minimum atomic E-state index is -0.302. The zero-order chi connectivity index (χ0) is 10.6. The van der Waals surface area contributed by atoms with E-state index in [0.717, 1.165) is 0 Å². The molecule has 1 rings (SSSR count). The molecule has 1 heterocycles. The van der Waals surface area contributed by atoms with Gasteiger partial charge in [0, 0.05) is 12.1 Å². The standard InChI is InChI=1S/C10H15NO3/c1-3-8-7(10(13)14-4-2)5-6-9(12)11-8/h3-6H2,1-2H3,(H,11,12). The molecule has 0 saturated heterocycles. The molecule has 0 bridgehead atoms. The molecule has 1 amide bonds. The van der Waals surface area contributed by atoms with Crippen molar-refractivity contribution in [2.24, 2.45) is 0 Å². The molecule has 0 spiro atoms. The van der Waals surface area contributed by atoms with Gasteiger partial charge in [-0.1, -0.05) is 6.92 Å². The first kappa shape index (κ1) is 10.8. The predicted octanol–water partition coefficient (Wildman–Crippen LogP) is 1.12. The highest BCUT2D eigenvalue weighted by atomic mass is 16.5. The second-order valence-electron chi connectivity index (χ2n) is 3.08. The number of amides is 1. The van der Waals surface area contributed by atoms with Crippen LogP contribution in [0.5, 0.6) is 0 Å². The van der Waals surface area contributed by atoms with Gasteiger partial charge in [-0.25, -0.2) is 4.79 Å². The Kier molecular flexibility index (Phi) is 3.68. The highest BCUT2D eigenvalue weighted by Gasteiger charge is 2.22. The highest BCUT2D eigenvalue weighted by molar-refractivity contribution is 5.93. The van der Waals surface area contributed by atoms with Gasteiger partial charge in [0.1, 0.15) is 0 Å². The van der Waals surface area contributed by atoms with Gasteiger partial charge in [0.05, 0.1) is 12.2 Å². The number of rotatable bonds is 3. The second kappa shape index (κ2) is 4.79. The number of carbonyl (C=O) groups is 2. The molecule has 0 unspecified atom stereocenters. The average molecular weight is 197 g/mol. The van der Waals surface area contributed by atoms with Gasteiger partial charge < -0.3 is 10.1 Å². The Labute approximate surface area is 83.3 Å². The summed E-state index contributed by atoms with van der Waals surface area (Å²) in [6, 6.07) is 0. The second-order valence-corrected chi connectivity index (χ2v) is 3.08. The van der Waals surface area contributed by atoms with Crippen molar-refractivity contribution in [1.82, 2.24) is 5.32 Å². The van der Waals surface area contributed by atoms with Crippen LogP contribution in [-0.2, 0) is 14.3 Å². The summed E-state index contributed by atoms with van der Waals surface area (Å²) in [6.45, 7) is 4.04. The van der Waals surface area contributed by atoms with E-state index < -0.39 is 0 Å². The SMILES string of the molecule is CCOC(=O)C1=C(CC)NC(=O)CC1. The van der Waals surface area contributed by atoms with Gasteiger partial charge in [-0.2, -0.15) is 0 Å². The highest BCUT2D eigenvalue weighted by Crippen LogP contribution is 2.18. The summed E-state index contributed by atoms with van der Waals surface area (Å²) in [6.07, 6.45) is 1.52. The quantitative estimate of drug-likeness (QED) is 0.690. The normalized spacial score (nSPS) is 16.6. The van der Waals surface area contributed by atoms with Crippen molar-refractivity contribution in [3.63, 3.8) is 0 Å². The summed E-state index contributed by atoms with van der Waals surface area (Å²) in [4.78, 5) is 22.5. The van der Waals surface area contributed by atoms with Crippen LogP contribution < -0.4 is 5.32 Å². The summed E-state index contributed by atoms with van der Waals surface area (Å²) in [7, 11) is 0. The molecule has 0 aromatic carbocycles. The van der Waals surface area contributed by atoms with E-state index in [1.165, 1.54) is 0 Å². The fraction of sp³-hybridized carbons (Fsp3) is 0.600. The van der Waals surface area contributed by atoms with E-state index in [2.05, 4.69) is 5.32 Å². The van der Waals surface area contributed by atoms with E-state index in [4.69, 9.17) is 4.74 Å². The van der Waals surface area contributed by atoms with Gasteiger partial charge in [-0.05, 0) is 19.8 Å². The van der Waals surface area contributed by atoms with Crippen molar-refractivity contribution in [2.45, 2.75) is 33.1 Å². The van der Waals surface area contributed by atoms with Crippen LogP contribution in [0.2, 0.25) is 0 Å². The van der Waals surface area contributed by atoms with Gasteiger partial charge in [0.25, 0.3) is 0 Å². The molecule has 1 aliphatic heterocycles. The maximum atomic E-state index is 11.4. The van der Waals surface area contributed by atoms with Crippen molar-refractivity contribution in [2.75, 3.05) is 6.61 Å². The topological polar surface area (TPSA) is 55.4 Å². The van der Waals surface area contributed by atoms with Gasteiger partial charge in [-0.3, -0.25) is 4.79 Å². The predicted molar refractivity (Wildman–Crippen MR) is 51.3 cm³/mol. The summed E-state index contributed by atoms with van der Waals surface area (Å²) < 4.78 is 4.90.